The maximum Gasteiger partial charge on any atom is 0.225 e. The van der Waals surface area contributed by atoms with E-state index in [1.807, 2.05) is 30.4 Å². The first-order chi connectivity index (χ1) is 14.2. The zero-order valence-electron chi connectivity index (χ0n) is 16.8. The van der Waals surface area contributed by atoms with Crippen LogP contribution in [0.2, 0.25) is 0 Å². The average Bonchev–Trinajstić information content (AvgIpc) is 2.97. The van der Waals surface area contributed by atoms with E-state index in [-0.39, 0.29) is 5.91 Å². The largest absolute Gasteiger partial charge is 0.326 e. The van der Waals surface area contributed by atoms with Gasteiger partial charge in [0.2, 0.25) is 5.91 Å². The van der Waals surface area contributed by atoms with E-state index in [2.05, 4.69) is 21.7 Å². The number of anilines is 1. The number of nitrogens with zero attached hydrogens (tertiary/aromatic N) is 1. The van der Waals surface area contributed by atoms with Gasteiger partial charge >= 0.3 is 0 Å². The number of carbonyl (C=O) groups is 2. The van der Waals surface area contributed by atoms with Gasteiger partial charge in [0, 0.05) is 24.2 Å². The van der Waals surface area contributed by atoms with Gasteiger partial charge in [0.15, 0.2) is 0 Å². The summed E-state index contributed by atoms with van der Waals surface area (Å²) in [6.07, 6.45) is 14.5. The molecule has 6 nitrogen and oxygen atoms in total. The highest BCUT2D eigenvalue weighted by atomic mass is 16.1. The Morgan fingerprint density at radius 2 is 2.03 bits per heavy atom. The van der Waals surface area contributed by atoms with Crippen molar-refractivity contribution in [1.29, 1.82) is 0 Å². The van der Waals surface area contributed by atoms with Crippen LogP contribution in [0.15, 0.2) is 53.8 Å². The number of hydrazine groups is 1. The molecule has 1 heterocycles. The predicted octanol–water partition coefficient (Wildman–Crippen LogP) is 3.09. The zero-order chi connectivity index (χ0) is 20.5. The highest BCUT2D eigenvalue weighted by Crippen LogP contribution is 2.23. The van der Waals surface area contributed by atoms with Gasteiger partial charge in [-0.3, -0.25) is 15.4 Å². The Morgan fingerprint density at radius 1 is 1.21 bits per heavy atom. The number of nitrogen functional groups attached to an aromatic ring is 1. The lowest BCUT2D eigenvalue weighted by Gasteiger charge is -2.26. The van der Waals surface area contributed by atoms with Crippen molar-refractivity contribution >= 4 is 17.9 Å². The number of carbonyl (C=O) groups excluding carboxylic acids is 2. The molecule has 1 saturated heterocycles. The van der Waals surface area contributed by atoms with Crippen molar-refractivity contribution in [3.8, 4) is 0 Å². The van der Waals surface area contributed by atoms with E-state index >= 15 is 0 Å². The summed E-state index contributed by atoms with van der Waals surface area (Å²) in [6, 6.07) is 5.39. The van der Waals surface area contributed by atoms with E-state index in [9.17, 15) is 9.59 Å². The first-order valence-corrected chi connectivity index (χ1v) is 10.3. The minimum absolute atomic E-state index is 0.0417. The lowest BCUT2D eigenvalue weighted by atomic mass is 9.99. The standard InChI is InChI=1S/C23H30N4O2/c24-26-22-9-8-19(17-28)15-20(22)14-18-6-2-3-7-21(16-18)25-23(29)10-13-27-11-4-1-5-12-27/h2-3,7-9,15-17,26H,1,4-6,10-14,24H2,(H,25,29). The van der Waals surface area contributed by atoms with E-state index in [0.717, 1.165) is 54.9 Å². The van der Waals surface area contributed by atoms with Crippen molar-refractivity contribution in [2.45, 2.75) is 38.5 Å². The van der Waals surface area contributed by atoms with Gasteiger partial charge in [0.25, 0.3) is 0 Å². The normalized spacial score (nSPS) is 17.1. The van der Waals surface area contributed by atoms with Crippen molar-refractivity contribution in [3.63, 3.8) is 0 Å². The minimum atomic E-state index is 0.0417. The first kappa shape index (κ1) is 21.0. The van der Waals surface area contributed by atoms with E-state index in [1.165, 1.54) is 19.3 Å². The number of allylic oxidation sites excluding steroid dienone is 5. The third-order valence-electron chi connectivity index (χ3n) is 5.38. The minimum Gasteiger partial charge on any atom is -0.326 e. The second-order valence-electron chi connectivity index (χ2n) is 7.61. The van der Waals surface area contributed by atoms with Crippen molar-refractivity contribution in [2.75, 3.05) is 25.1 Å². The van der Waals surface area contributed by atoms with Crippen molar-refractivity contribution < 1.29 is 9.59 Å². The number of rotatable bonds is 8. The van der Waals surface area contributed by atoms with Gasteiger partial charge in [-0.05, 0) is 74.7 Å². The molecule has 1 aromatic rings. The molecule has 0 bridgehead atoms. The van der Waals surface area contributed by atoms with Crippen LogP contribution in [0.3, 0.4) is 0 Å². The molecule has 0 spiro atoms. The Morgan fingerprint density at radius 3 is 2.79 bits per heavy atom. The molecule has 0 radical (unpaired) electrons. The molecule has 0 aromatic heterocycles. The number of aldehydes is 1. The molecule has 0 saturated carbocycles. The monoisotopic (exact) mass is 394 g/mol. The maximum atomic E-state index is 12.4. The number of likely N-dealkylation sites (tertiary alicyclic amines) is 1. The van der Waals surface area contributed by atoms with Gasteiger partial charge in [-0.25, -0.2) is 0 Å². The number of hydrogen-bond donors (Lipinski definition) is 3. The highest BCUT2D eigenvalue weighted by molar-refractivity contribution is 5.79. The number of nitrogens with one attached hydrogen (secondary N) is 2. The fourth-order valence-electron chi connectivity index (χ4n) is 3.80. The van der Waals surface area contributed by atoms with Crippen LogP contribution in [-0.4, -0.2) is 36.7 Å². The molecule has 154 valence electrons. The van der Waals surface area contributed by atoms with Crippen LogP contribution in [0.5, 0.6) is 0 Å². The molecule has 2 aliphatic rings. The lowest BCUT2D eigenvalue weighted by molar-refractivity contribution is -0.120. The molecular formula is C23H30N4O2. The summed E-state index contributed by atoms with van der Waals surface area (Å²) in [5.74, 6) is 5.66. The fourth-order valence-corrected chi connectivity index (χ4v) is 3.80. The van der Waals surface area contributed by atoms with Crippen molar-refractivity contribution in [2.24, 2.45) is 5.84 Å². The molecule has 29 heavy (non-hydrogen) atoms. The summed E-state index contributed by atoms with van der Waals surface area (Å²) >= 11 is 0. The lowest BCUT2D eigenvalue weighted by Crippen LogP contribution is -2.34. The molecule has 0 unspecified atom stereocenters. The van der Waals surface area contributed by atoms with Gasteiger partial charge in [-0.2, -0.15) is 0 Å². The Hall–Kier alpha value is -2.70. The Labute approximate surface area is 172 Å². The third-order valence-corrected chi connectivity index (χ3v) is 5.38. The second-order valence-corrected chi connectivity index (χ2v) is 7.61. The van der Waals surface area contributed by atoms with E-state index in [0.29, 0.717) is 18.4 Å². The van der Waals surface area contributed by atoms with Gasteiger partial charge in [0.1, 0.15) is 6.29 Å². The van der Waals surface area contributed by atoms with Crippen molar-refractivity contribution in [3.05, 3.63) is 64.9 Å². The molecule has 4 N–H and O–H groups in total. The Bertz CT molecular complexity index is 820. The summed E-state index contributed by atoms with van der Waals surface area (Å²) in [4.78, 5) is 25.9. The highest BCUT2D eigenvalue weighted by Gasteiger charge is 2.13. The number of hydrogen-bond acceptors (Lipinski definition) is 5. The molecule has 0 atom stereocenters. The molecule has 6 heteroatoms. The van der Waals surface area contributed by atoms with Crippen LogP contribution in [0, 0.1) is 0 Å². The topological polar surface area (TPSA) is 87.5 Å². The average molecular weight is 395 g/mol. The Kier molecular flexibility index (Phi) is 7.78. The quantitative estimate of drug-likeness (QED) is 0.358. The van der Waals surface area contributed by atoms with E-state index in [4.69, 9.17) is 5.84 Å². The molecule has 1 aromatic carbocycles. The molecule has 1 aliphatic carbocycles. The van der Waals surface area contributed by atoms with Crippen LogP contribution in [0.1, 0.15) is 48.0 Å². The van der Waals surface area contributed by atoms with Crippen LogP contribution >= 0.6 is 0 Å². The smallest absolute Gasteiger partial charge is 0.225 e. The summed E-state index contributed by atoms with van der Waals surface area (Å²) in [7, 11) is 0. The van der Waals surface area contributed by atoms with Gasteiger partial charge in [0.05, 0.1) is 5.69 Å². The summed E-state index contributed by atoms with van der Waals surface area (Å²) in [5, 5.41) is 3.04. The Balaban J connectivity index is 1.62. The first-order valence-electron chi connectivity index (χ1n) is 10.3. The van der Waals surface area contributed by atoms with Crippen LogP contribution in [0.4, 0.5) is 5.69 Å². The predicted molar refractivity (Wildman–Crippen MR) is 116 cm³/mol. The van der Waals surface area contributed by atoms with Crippen LogP contribution < -0.4 is 16.6 Å². The number of nitrogens with two attached hydrogens (primary N) is 1. The molecule has 1 amide bonds. The van der Waals surface area contributed by atoms with Gasteiger partial charge in [-0.15, -0.1) is 0 Å². The van der Waals surface area contributed by atoms with Gasteiger partial charge in [-0.1, -0.05) is 24.1 Å². The van der Waals surface area contributed by atoms with Crippen LogP contribution in [0.25, 0.3) is 0 Å². The molecule has 1 aliphatic heterocycles. The summed E-state index contributed by atoms with van der Waals surface area (Å²) in [6.45, 7) is 3.01. The maximum absolute atomic E-state index is 12.4. The molecular weight excluding hydrogens is 364 g/mol. The van der Waals surface area contributed by atoms with E-state index in [1.54, 1.807) is 6.07 Å². The molecule has 3 rings (SSSR count). The van der Waals surface area contributed by atoms with E-state index < -0.39 is 0 Å². The number of amides is 1. The third kappa shape index (κ3) is 6.41. The van der Waals surface area contributed by atoms with Crippen molar-refractivity contribution in [1.82, 2.24) is 10.2 Å². The van der Waals surface area contributed by atoms with Crippen LogP contribution in [-0.2, 0) is 11.2 Å². The zero-order valence-corrected chi connectivity index (χ0v) is 16.8. The fraction of sp³-hybridized carbons (Fsp3) is 0.391. The second kappa shape index (κ2) is 10.7. The number of benzene rings is 1. The summed E-state index contributed by atoms with van der Waals surface area (Å²) in [5.41, 5.74) is 6.99. The molecule has 1 fully saturated rings. The van der Waals surface area contributed by atoms with Gasteiger partial charge < -0.3 is 15.6 Å². The SMILES string of the molecule is NNc1ccc(C=O)cc1CC1=CC(NC(=O)CCN2CCCCC2)=CC=CC1. The summed E-state index contributed by atoms with van der Waals surface area (Å²) < 4.78 is 0. The number of piperidine rings is 1.